The van der Waals surface area contributed by atoms with Crippen LogP contribution in [0.4, 0.5) is 10.5 Å². The first kappa shape index (κ1) is 23.1. The van der Waals surface area contributed by atoms with Crippen LogP contribution in [-0.2, 0) is 23.8 Å². The van der Waals surface area contributed by atoms with E-state index in [9.17, 15) is 19.6 Å². The van der Waals surface area contributed by atoms with Gasteiger partial charge in [-0.2, -0.15) is 5.26 Å². The quantitative estimate of drug-likeness (QED) is 0.392. The molecule has 0 unspecified atom stereocenters. The van der Waals surface area contributed by atoms with E-state index in [0.717, 1.165) is 0 Å². The molecule has 0 aromatic heterocycles. The Bertz CT molecular complexity index is 986. The first-order chi connectivity index (χ1) is 14.9. The number of piperazine rings is 1. The van der Waals surface area contributed by atoms with Crippen molar-refractivity contribution in [3.63, 3.8) is 0 Å². The molecule has 9 heteroatoms. The predicted molar refractivity (Wildman–Crippen MR) is 115 cm³/mol. The van der Waals surface area contributed by atoms with Crippen LogP contribution >= 0.6 is 0 Å². The molecule has 9 nitrogen and oxygen atoms in total. The van der Waals surface area contributed by atoms with Crippen molar-refractivity contribution in [2.45, 2.75) is 46.0 Å². The lowest BCUT2D eigenvalue weighted by atomic mass is 10.0. The van der Waals surface area contributed by atoms with E-state index in [0.29, 0.717) is 43.0 Å². The molecule has 2 fully saturated rings. The zero-order valence-electron chi connectivity index (χ0n) is 18.9. The highest BCUT2D eigenvalue weighted by Gasteiger charge is 2.38. The van der Waals surface area contributed by atoms with E-state index < -0.39 is 23.3 Å². The van der Waals surface area contributed by atoms with E-state index >= 15 is 0 Å². The summed E-state index contributed by atoms with van der Waals surface area (Å²) in [4.78, 5) is 40.2. The molecule has 170 valence electrons. The van der Waals surface area contributed by atoms with Crippen molar-refractivity contribution in [2.75, 3.05) is 31.1 Å². The van der Waals surface area contributed by atoms with Crippen LogP contribution in [0, 0.1) is 11.3 Å². The SMILES string of the molecule is CC(C)(C)OC(=O)N1CCN(c2ccc(C=C3C(=O)OC(C)(C)OC3=O)cc2C#N)CC1. The van der Waals surface area contributed by atoms with Crippen molar-refractivity contribution in [1.29, 1.82) is 5.26 Å². The van der Waals surface area contributed by atoms with Crippen LogP contribution in [0.2, 0.25) is 0 Å². The van der Waals surface area contributed by atoms with E-state index in [1.807, 2.05) is 25.7 Å². The molecule has 32 heavy (non-hydrogen) atoms. The van der Waals surface area contributed by atoms with Crippen molar-refractivity contribution < 1.29 is 28.6 Å². The molecule has 2 saturated heterocycles. The lowest BCUT2D eigenvalue weighted by Crippen LogP contribution is -2.50. The van der Waals surface area contributed by atoms with Crippen molar-refractivity contribution in [1.82, 2.24) is 4.90 Å². The highest BCUT2D eigenvalue weighted by atomic mass is 16.7. The fraction of sp³-hybridized carbons (Fsp3) is 0.478. The molecular weight excluding hydrogens is 414 g/mol. The summed E-state index contributed by atoms with van der Waals surface area (Å²) in [7, 11) is 0. The summed E-state index contributed by atoms with van der Waals surface area (Å²) in [5.74, 6) is -2.85. The molecule has 0 saturated carbocycles. The number of carbonyl (C=O) groups is 3. The maximum atomic E-state index is 12.3. The van der Waals surface area contributed by atoms with Gasteiger partial charge in [-0.3, -0.25) is 0 Å². The summed E-state index contributed by atoms with van der Waals surface area (Å²) in [6, 6.07) is 7.24. The molecule has 0 atom stereocenters. The van der Waals surface area contributed by atoms with Gasteiger partial charge in [0.2, 0.25) is 0 Å². The second-order valence-electron chi connectivity index (χ2n) is 9.08. The van der Waals surface area contributed by atoms with Gasteiger partial charge in [-0.25, -0.2) is 14.4 Å². The predicted octanol–water partition coefficient (Wildman–Crippen LogP) is 2.83. The number of rotatable bonds is 2. The fourth-order valence-corrected chi connectivity index (χ4v) is 3.41. The summed E-state index contributed by atoms with van der Waals surface area (Å²) in [6.07, 6.45) is 0.999. The standard InChI is InChI=1S/C23H27N3O6/c1-22(2,3)32-21(29)26-10-8-25(9-11-26)18-7-6-15(12-16(18)14-24)13-17-19(27)30-23(4,5)31-20(17)28/h6-7,12-13H,8-11H2,1-5H3. The summed E-state index contributed by atoms with van der Waals surface area (Å²) in [6.45, 7) is 10.5. The maximum Gasteiger partial charge on any atom is 0.410 e. The lowest BCUT2D eigenvalue weighted by molar-refractivity contribution is -0.222. The van der Waals surface area contributed by atoms with Gasteiger partial charge in [-0.15, -0.1) is 0 Å². The van der Waals surface area contributed by atoms with Gasteiger partial charge in [0.05, 0.1) is 11.3 Å². The minimum Gasteiger partial charge on any atom is -0.444 e. The normalized spacial score (nSPS) is 18.4. The highest BCUT2D eigenvalue weighted by Crippen LogP contribution is 2.27. The van der Waals surface area contributed by atoms with Gasteiger partial charge in [0.25, 0.3) is 5.79 Å². The van der Waals surface area contributed by atoms with Crippen molar-refractivity contribution >= 4 is 29.8 Å². The molecule has 1 aromatic rings. The second-order valence-corrected chi connectivity index (χ2v) is 9.08. The number of ether oxygens (including phenoxy) is 3. The zero-order valence-corrected chi connectivity index (χ0v) is 18.9. The fourth-order valence-electron chi connectivity index (χ4n) is 3.41. The van der Waals surface area contributed by atoms with Gasteiger partial charge in [-0.1, -0.05) is 6.07 Å². The number of cyclic esters (lactones) is 2. The van der Waals surface area contributed by atoms with E-state index in [-0.39, 0.29) is 11.7 Å². The van der Waals surface area contributed by atoms with Gasteiger partial charge < -0.3 is 24.0 Å². The van der Waals surface area contributed by atoms with Crippen LogP contribution in [0.15, 0.2) is 23.8 Å². The Morgan fingerprint density at radius 2 is 1.72 bits per heavy atom. The average Bonchev–Trinajstić information content (AvgIpc) is 2.68. The molecule has 0 bridgehead atoms. The van der Waals surface area contributed by atoms with Gasteiger partial charge in [0.15, 0.2) is 0 Å². The monoisotopic (exact) mass is 441 g/mol. The third kappa shape index (κ3) is 5.38. The summed E-state index contributed by atoms with van der Waals surface area (Å²) in [5, 5.41) is 9.65. The molecule has 0 N–H and O–H groups in total. The topological polar surface area (TPSA) is 109 Å². The average molecular weight is 441 g/mol. The minimum atomic E-state index is -1.31. The van der Waals surface area contributed by atoms with E-state index in [1.54, 1.807) is 23.1 Å². The van der Waals surface area contributed by atoms with Crippen molar-refractivity contribution in [3.05, 3.63) is 34.9 Å². The number of hydrogen-bond acceptors (Lipinski definition) is 8. The Kier molecular flexibility index (Phi) is 6.17. The van der Waals surface area contributed by atoms with Crippen LogP contribution in [0.25, 0.3) is 6.08 Å². The molecule has 1 aromatic carbocycles. The number of nitrogens with zero attached hydrogens (tertiary/aromatic N) is 3. The molecular formula is C23H27N3O6. The first-order valence-corrected chi connectivity index (χ1v) is 10.3. The molecule has 0 radical (unpaired) electrons. The van der Waals surface area contributed by atoms with Gasteiger partial charge in [0, 0.05) is 40.0 Å². The third-order valence-electron chi connectivity index (χ3n) is 4.84. The summed E-state index contributed by atoms with van der Waals surface area (Å²) < 4.78 is 15.6. The van der Waals surface area contributed by atoms with Gasteiger partial charge in [-0.05, 0) is 44.5 Å². The smallest absolute Gasteiger partial charge is 0.410 e. The summed E-state index contributed by atoms with van der Waals surface area (Å²) >= 11 is 0. The van der Waals surface area contributed by atoms with Crippen LogP contribution in [0.5, 0.6) is 0 Å². The number of esters is 2. The number of amides is 1. The number of carbonyl (C=O) groups excluding carboxylic acids is 3. The van der Waals surface area contributed by atoms with Gasteiger partial charge in [0.1, 0.15) is 17.2 Å². The first-order valence-electron chi connectivity index (χ1n) is 10.3. The van der Waals surface area contributed by atoms with E-state index in [4.69, 9.17) is 14.2 Å². The maximum absolute atomic E-state index is 12.3. The molecule has 1 amide bonds. The Balaban J connectivity index is 1.73. The molecule has 0 aliphatic carbocycles. The van der Waals surface area contributed by atoms with Crippen LogP contribution < -0.4 is 4.90 Å². The molecule has 2 heterocycles. The second kappa shape index (κ2) is 8.54. The Morgan fingerprint density at radius 3 is 2.25 bits per heavy atom. The Labute approximate surface area is 187 Å². The van der Waals surface area contributed by atoms with Crippen molar-refractivity contribution in [2.24, 2.45) is 0 Å². The number of benzene rings is 1. The summed E-state index contributed by atoms with van der Waals surface area (Å²) in [5.41, 5.74) is 0.823. The molecule has 0 spiro atoms. The lowest BCUT2D eigenvalue weighted by Gasteiger charge is -2.37. The van der Waals surface area contributed by atoms with Crippen LogP contribution in [0.3, 0.4) is 0 Å². The van der Waals surface area contributed by atoms with Crippen LogP contribution in [0.1, 0.15) is 45.7 Å². The molecule has 2 aliphatic heterocycles. The number of anilines is 1. The largest absolute Gasteiger partial charge is 0.444 e. The van der Waals surface area contributed by atoms with Gasteiger partial charge >= 0.3 is 18.0 Å². The number of nitriles is 1. The molecule has 2 aliphatic rings. The number of hydrogen-bond donors (Lipinski definition) is 0. The van der Waals surface area contributed by atoms with E-state index in [2.05, 4.69) is 6.07 Å². The minimum absolute atomic E-state index is 0.230. The van der Waals surface area contributed by atoms with Crippen LogP contribution in [-0.4, -0.2) is 60.5 Å². The third-order valence-corrected chi connectivity index (χ3v) is 4.84. The van der Waals surface area contributed by atoms with E-state index in [1.165, 1.54) is 19.9 Å². The van der Waals surface area contributed by atoms with Crippen molar-refractivity contribution in [3.8, 4) is 6.07 Å². The zero-order chi connectivity index (χ0) is 23.7. The Hall–Kier alpha value is -3.54. The Morgan fingerprint density at radius 1 is 1.12 bits per heavy atom. The highest BCUT2D eigenvalue weighted by molar-refractivity contribution is 6.18. The molecule has 3 rings (SSSR count).